The van der Waals surface area contributed by atoms with Gasteiger partial charge in [0.2, 0.25) is 15.9 Å². The Morgan fingerprint density at radius 1 is 0.821 bits per heavy atom. The quantitative estimate of drug-likeness (QED) is 0.643. The Bertz CT molecular complexity index is 982. The van der Waals surface area contributed by atoms with Crippen molar-refractivity contribution in [3.63, 3.8) is 0 Å². The maximum atomic E-state index is 12.9. The van der Waals surface area contributed by atoms with Crippen molar-refractivity contribution in [1.82, 2.24) is 5.32 Å². The number of amides is 1. The van der Waals surface area contributed by atoms with Crippen LogP contribution in [-0.4, -0.2) is 20.9 Å². The van der Waals surface area contributed by atoms with Crippen LogP contribution in [0, 0.1) is 0 Å². The topological polar surface area (TPSA) is 92.5 Å². The van der Waals surface area contributed by atoms with Crippen LogP contribution in [0.2, 0.25) is 0 Å². The highest BCUT2D eigenvalue weighted by atomic mass is 32.2. The van der Waals surface area contributed by atoms with E-state index in [1.54, 1.807) is 17.0 Å². The summed E-state index contributed by atoms with van der Waals surface area (Å²) in [5, 5.41) is 8.20. The summed E-state index contributed by atoms with van der Waals surface area (Å²) >= 11 is 0. The summed E-state index contributed by atoms with van der Waals surface area (Å²) in [5.41, 5.74) is 2.43. The van der Waals surface area contributed by atoms with Gasteiger partial charge in [0, 0.05) is 17.9 Å². The van der Waals surface area contributed by atoms with E-state index < -0.39 is 10.0 Å². The Morgan fingerprint density at radius 2 is 1.32 bits per heavy atom. The van der Waals surface area contributed by atoms with E-state index in [4.69, 9.17) is 5.14 Å². The molecular weight excluding hydrogens is 374 g/mol. The molecule has 7 heteroatoms. The van der Waals surface area contributed by atoms with Gasteiger partial charge in [0.25, 0.3) is 0 Å². The first-order valence-corrected chi connectivity index (χ1v) is 10.3. The van der Waals surface area contributed by atoms with Gasteiger partial charge in [0.1, 0.15) is 0 Å². The van der Waals surface area contributed by atoms with Gasteiger partial charge in [-0.2, -0.15) is 0 Å². The lowest BCUT2D eigenvalue weighted by Gasteiger charge is -2.23. The van der Waals surface area contributed by atoms with Gasteiger partial charge in [0.05, 0.1) is 11.4 Å². The first kappa shape index (κ1) is 19.8. The summed E-state index contributed by atoms with van der Waals surface area (Å²) in [6, 6.07) is 25.1. The van der Waals surface area contributed by atoms with Crippen molar-refractivity contribution in [3.8, 4) is 0 Å². The van der Waals surface area contributed by atoms with E-state index in [-0.39, 0.29) is 17.3 Å². The Labute approximate surface area is 164 Å². The lowest BCUT2D eigenvalue weighted by molar-refractivity contribution is -0.117. The zero-order valence-electron chi connectivity index (χ0n) is 15.2. The van der Waals surface area contributed by atoms with Crippen LogP contribution < -0.4 is 15.4 Å². The minimum Gasteiger partial charge on any atom is -0.304 e. The minimum atomic E-state index is -3.71. The van der Waals surface area contributed by atoms with Crippen LogP contribution in [0.25, 0.3) is 0 Å². The molecule has 0 aromatic heterocycles. The van der Waals surface area contributed by atoms with Crippen LogP contribution in [0.1, 0.15) is 5.56 Å². The number of para-hydroxylation sites is 2. The average Bonchev–Trinajstić information content (AvgIpc) is 2.70. The lowest BCUT2D eigenvalue weighted by atomic mass is 10.2. The highest BCUT2D eigenvalue weighted by Gasteiger charge is 2.17. The first-order valence-electron chi connectivity index (χ1n) is 8.71. The third-order valence-electron chi connectivity index (χ3n) is 4.14. The summed E-state index contributed by atoms with van der Waals surface area (Å²) < 4.78 is 22.6. The molecule has 0 unspecified atom stereocenters. The van der Waals surface area contributed by atoms with Crippen LogP contribution >= 0.6 is 0 Å². The van der Waals surface area contributed by atoms with Crippen molar-refractivity contribution in [3.05, 3.63) is 90.5 Å². The highest BCUT2D eigenvalue weighted by molar-refractivity contribution is 7.89. The summed E-state index contributed by atoms with van der Waals surface area (Å²) in [4.78, 5) is 14.6. The molecule has 0 saturated carbocycles. The number of rotatable bonds is 7. The molecular formula is C21H21N3O3S. The van der Waals surface area contributed by atoms with Crippen LogP contribution in [0.3, 0.4) is 0 Å². The second kappa shape index (κ2) is 8.79. The van der Waals surface area contributed by atoms with Gasteiger partial charge >= 0.3 is 0 Å². The first-order chi connectivity index (χ1) is 13.4. The zero-order valence-corrected chi connectivity index (χ0v) is 16.0. The number of benzene rings is 3. The minimum absolute atomic E-state index is 0.0617. The van der Waals surface area contributed by atoms with E-state index in [1.165, 1.54) is 12.1 Å². The molecule has 0 aliphatic carbocycles. The van der Waals surface area contributed by atoms with Crippen molar-refractivity contribution in [2.75, 3.05) is 11.4 Å². The standard InChI is InChI=1S/C21H21N3O3S/c22-28(26,27)20-13-11-17(12-14-20)15-23-16-21(25)24(18-7-3-1-4-8-18)19-9-5-2-6-10-19/h1-14,23H,15-16H2,(H2,22,26,27). The maximum absolute atomic E-state index is 12.9. The number of carbonyl (C=O) groups is 1. The molecule has 3 aromatic carbocycles. The van der Waals surface area contributed by atoms with Gasteiger partial charge < -0.3 is 5.32 Å². The summed E-state index contributed by atoms with van der Waals surface area (Å²) in [5.74, 6) is -0.0986. The normalized spacial score (nSPS) is 11.2. The highest BCUT2D eigenvalue weighted by Crippen LogP contribution is 2.24. The second-order valence-corrected chi connectivity index (χ2v) is 7.75. The van der Waals surface area contributed by atoms with Crippen LogP contribution in [-0.2, 0) is 21.4 Å². The maximum Gasteiger partial charge on any atom is 0.245 e. The summed E-state index contributed by atoms with van der Waals surface area (Å²) in [7, 11) is -3.71. The van der Waals surface area contributed by atoms with E-state index in [2.05, 4.69) is 5.32 Å². The number of hydrogen-bond donors (Lipinski definition) is 2. The molecule has 0 aliphatic heterocycles. The molecule has 0 heterocycles. The number of nitrogens with two attached hydrogens (primary N) is 1. The number of nitrogens with one attached hydrogen (secondary N) is 1. The number of hydrogen-bond acceptors (Lipinski definition) is 4. The smallest absolute Gasteiger partial charge is 0.245 e. The molecule has 0 radical (unpaired) electrons. The van der Waals surface area contributed by atoms with Gasteiger partial charge in [-0.1, -0.05) is 48.5 Å². The largest absolute Gasteiger partial charge is 0.304 e. The molecule has 1 amide bonds. The van der Waals surface area contributed by atoms with Crippen molar-refractivity contribution in [2.45, 2.75) is 11.4 Å². The Morgan fingerprint density at radius 3 is 1.79 bits per heavy atom. The molecule has 6 nitrogen and oxygen atoms in total. The third-order valence-corrected chi connectivity index (χ3v) is 5.06. The number of sulfonamides is 1. The Kier molecular flexibility index (Phi) is 6.20. The van der Waals surface area contributed by atoms with E-state index in [9.17, 15) is 13.2 Å². The van der Waals surface area contributed by atoms with Crippen LogP contribution in [0.4, 0.5) is 11.4 Å². The number of nitrogens with zero attached hydrogens (tertiary/aromatic N) is 1. The van der Waals surface area contributed by atoms with Crippen molar-refractivity contribution in [2.24, 2.45) is 5.14 Å². The van der Waals surface area contributed by atoms with E-state index >= 15 is 0 Å². The van der Waals surface area contributed by atoms with Gasteiger partial charge in [-0.3, -0.25) is 9.69 Å². The third kappa shape index (κ3) is 5.04. The fraction of sp³-hybridized carbons (Fsp3) is 0.0952. The van der Waals surface area contributed by atoms with E-state index in [0.29, 0.717) is 6.54 Å². The molecule has 0 atom stereocenters. The van der Waals surface area contributed by atoms with Crippen LogP contribution in [0.5, 0.6) is 0 Å². The summed E-state index contributed by atoms with van der Waals surface area (Å²) in [6.45, 7) is 0.550. The van der Waals surface area contributed by atoms with Crippen LogP contribution in [0.15, 0.2) is 89.8 Å². The predicted molar refractivity (Wildman–Crippen MR) is 110 cm³/mol. The molecule has 0 fully saturated rings. The van der Waals surface area contributed by atoms with Crippen molar-refractivity contribution >= 4 is 27.3 Å². The van der Waals surface area contributed by atoms with E-state index in [1.807, 2.05) is 60.7 Å². The average molecular weight is 395 g/mol. The van der Waals surface area contributed by atoms with Gasteiger partial charge in [-0.05, 0) is 42.0 Å². The predicted octanol–water partition coefficient (Wildman–Crippen LogP) is 2.79. The van der Waals surface area contributed by atoms with E-state index in [0.717, 1.165) is 16.9 Å². The van der Waals surface area contributed by atoms with Crippen molar-refractivity contribution < 1.29 is 13.2 Å². The zero-order chi connectivity index (χ0) is 20.0. The van der Waals surface area contributed by atoms with Gasteiger partial charge in [-0.25, -0.2) is 13.6 Å². The number of anilines is 2. The monoisotopic (exact) mass is 395 g/mol. The SMILES string of the molecule is NS(=O)(=O)c1ccc(CNCC(=O)N(c2ccccc2)c2ccccc2)cc1. The van der Waals surface area contributed by atoms with Gasteiger partial charge in [0.15, 0.2) is 0 Å². The number of carbonyl (C=O) groups excluding carboxylic acids is 1. The fourth-order valence-electron chi connectivity index (χ4n) is 2.78. The molecule has 144 valence electrons. The molecule has 0 spiro atoms. The van der Waals surface area contributed by atoms with Gasteiger partial charge in [-0.15, -0.1) is 0 Å². The fourth-order valence-corrected chi connectivity index (χ4v) is 3.30. The lowest BCUT2D eigenvalue weighted by Crippen LogP contribution is -2.35. The molecule has 0 saturated heterocycles. The molecule has 3 rings (SSSR count). The molecule has 3 N–H and O–H groups in total. The Balaban J connectivity index is 1.68. The second-order valence-electron chi connectivity index (χ2n) is 6.19. The summed E-state index contributed by atoms with van der Waals surface area (Å²) in [6.07, 6.45) is 0. The molecule has 3 aromatic rings. The molecule has 0 aliphatic rings. The molecule has 0 bridgehead atoms. The number of primary sulfonamides is 1. The molecule has 28 heavy (non-hydrogen) atoms. The Hall–Kier alpha value is -3.00. The van der Waals surface area contributed by atoms with Crippen molar-refractivity contribution in [1.29, 1.82) is 0 Å².